The summed E-state index contributed by atoms with van der Waals surface area (Å²) in [5.41, 5.74) is -1.33. The lowest BCUT2D eigenvalue weighted by Gasteiger charge is -2.27. The van der Waals surface area contributed by atoms with E-state index < -0.39 is 29.1 Å². The summed E-state index contributed by atoms with van der Waals surface area (Å²) in [6.45, 7) is 0.423. The van der Waals surface area contributed by atoms with Gasteiger partial charge in [0.1, 0.15) is 34.7 Å². The van der Waals surface area contributed by atoms with Crippen LogP contribution < -0.4 is 20.1 Å². The van der Waals surface area contributed by atoms with Crippen LogP contribution in [0, 0.1) is 0 Å². The topological polar surface area (TPSA) is 112 Å². The lowest BCUT2D eigenvalue weighted by molar-refractivity contribution is -0.138. The largest absolute Gasteiger partial charge is 0.497 e. The van der Waals surface area contributed by atoms with Crippen LogP contribution in [0.25, 0.3) is 0 Å². The van der Waals surface area contributed by atoms with Crippen molar-refractivity contribution in [1.82, 2.24) is 20.6 Å². The van der Waals surface area contributed by atoms with Crippen LogP contribution >= 0.6 is 0 Å². The Morgan fingerprint density at radius 2 is 1.78 bits per heavy atom. The number of halogens is 3. The molecule has 0 aliphatic carbocycles. The van der Waals surface area contributed by atoms with E-state index in [1.54, 1.807) is 12.1 Å². The highest BCUT2D eigenvalue weighted by atomic mass is 19.4. The standard InChI is InChI=1S/C25H23F3N4O5/c1-35-19-6-7-21(20(10-19)25(26,27)28)37-18-4-2-16(3-5-18)11-31-23(34)24(8-9-36-14-24)32-22(33)17-12-29-15-30-13-17/h2-7,10,12-13,15H,8-9,11,14H2,1H3,(H,31,34)(H,32,33). The number of nitrogens with zero attached hydrogens (tertiary/aromatic N) is 2. The Kier molecular flexibility index (Phi) is 7.58. The molecule has 0 radical (unpaired) electrons. The summed E-state index contributed by atoms with van der Waals surface area (Å²) in [6, 6.07) is 9.66. The molecule has 1 aliphatic rings. The molecule has 0 bridgehead atoms. The number of amides is 2. The van der Waals surface area contributed by atoms with Gasteiger partial charge in [0.25, 0.3) is 5.91 Å². The van der Waals surface area contributed by atoms with Crippen LogP contribution in [0.1, 0.15) is 27.9 Å². The highest BCUT2D eigenvalue weighted by Crippen LogP contribution is 2.40. The second-order valence-corrected chi connectivity index (χ2v) is 8.25. The van der Waals surface area contributed by atoms with Crippen molar-refractivity contribution in [2.75, 3.05) is 20.3 Å². The van der Waals surface area contributed by atoms with E-state index in [9.17, 15) is 22.8 Å². The van der Waals surface area contributed by atoms with Crippen molar-refractivity contribution < 1.29 is 37.0 Å². The molecule has 2 N–H and O–H groups in total. The van der Waals surface area contributed by atoms with Crippen molar-refractivity contribution in [3.63, 3.8) is 0 Å². The maximum absolute atomic E-state index is 13.4. The molecule has 2 amide bonds. The van der Waals surface area contributed by atoms with Crippen LogP contribution in [0.2, 0.25) is 0 Å². The minimum Gasteiger partial charge on any atom is -0.497 e. The summed E-state index contributed by atoms with van der Waals surface area (Å²) in [6.07, 6.45) is -0.361. The maximum Gasteiger partial charge on any atom is 0.420 e. The number of alkyl halides is 3. The van der Waals surface area contributed by atoms with Crippen molar-refractivity contribution >= 4 is 11.8 Å². The predicted molar refractivity (Wildman–Crippen MR) is 124 cm³/mol. The van der Waals surface area contributed by atoms with Crippen molar-refractivity contribution in [2.45, 2.75) is 24.7 Å². The highest BCUT2D eigenvalue weighted by Gasteiger charge is 2.43. The first kappa shape index (κ1) is 25.9. The molecule has 0 saturated carbocycles. The van der Waals surface area contributed by atoms with Gasteiger partial charge in [0, 0.05) is 32.0 Å². The molecule has 194 valence electrons. The van der Waals surface area contributed by atoms with E-state index in [1.165, 1.54) is 50.1 Å². The van der Waals surface area contributed by atoms with Gasteiger partial charge in [-0.05, 0) is 35.9 Å². The molecule has 1 atom stereocenters. The SMILES string of the molecule is COc1ccc(Oc2ccc(CNC(=O)C3(NC(=O)c4cncnc4)CCOC3)cc2)c(C(F)(F)F)c1. The molecule has 9 nitrogen and oxygen atoms in total. The van der Waals surface area contributed by atoms with Crippen molar-refractivity contribution in [1.29, 1.82) is 0 Å². The average molecular weight is 516 g/mol. The fourth-order valence-corrected chi connectivity index (χ4v) is 3.71. The van der Waals surface area contributed by atoms with Crippen LogP contribution in [-0.4, -0.2) is 47.6 Å². The Balaban J connectivity index is 1.40. The molecule has 1 saturated heterocycles. The normalized spacial score (nSPS) is 17.2. The summed E-state index contributed by atoms with van der Waals surface area (Å²) < 4.78 is 56.0. The van der Waals surface area contributed by atoms with E-state index in [0.717, 1.165) is 6.07 Å². The van der Waals surface area contributed by atoms with Crippen molar-refractivity contribution in [3.8, 4) is 17.2 Å². The van der Waals surface area contributed by atoms with E-state index in [2.05, 4.69) is 20.6 Å². The van der Waals surface area contributed by atoms with E-state index in [-0.39, 0.29) is 42.4 Å². The van der Waals surface area contributed by atoms with Crippen LogP contribution in [0.3, 0.4) is 0 Å². The number of aromatic nitrogens is 2. The minimum atomic E-state index is -4.63. The summed E-state index contributed by atoms with van der Waals surface area (Å²) in [7, 11) is 1.28. The van der Waals surface area contributed by atoms with Crippen LogP contribution in [-0.2, 0) is 22.3 Å². The van der Waals surface area contributed by atoms with E-state index in [4.69, 9.17) is 14.2 Å². The number of hydrogen-bond acceptors (Lipinski definition) is 7. The third-order valence-electron chi connectivity index (χ3n) is 5.73. The number of benzene rings is 2. The second kappa shape index (κ2) is 10.8. The van der Waals surface area contributed by atoms with Gasteiger partial charge in [0.2, 0.25) is 5.91 Å². The lowest BCUT2D eigenvalue weighted by Crippen LogP contribution is -2.59. The quantitative estimate of drug-likeness (QED) is 0.471. The fraction of sp³-hybridized carbons (Fsp3) is 0.280. The zero-order valence-electron chi connectivity index (χ0n) is 19.7. The number of carbonyl (C=O) groups is 2. The Bertz CT molecular complexity index is 1250. The minimum absolute atomic E-state index is 0.00837. The van der Waals surface area contributed by atoms with Gasteiger partial charge in [-0.1, -0.05) is 12.1 Å². The van der Waals surface area contributed by atoms with Gasteiger partial charge in [-0.2, -0.15) is 13.2 Å². The Morgan fingerprint density at radius 1 is 1.08 bits per heavy atom. The molecular formula is C25H23F3N4O5. The smallest absolute Gasteiger partial charge is 0.420 e. The zero-order chi connectivity index (χ0) is 26.5. The van der Waals surface area contributed by atoms with Gasteiger partial charge < -0.3 is 24.8 Å². The Hall–Kier alpha value is -4.19. The van der Waals surface area contributed by atoms with Crippen molar-refractivity contribution in [2.24, 2.45) is 0 Å². The number of rotatable bonds is 8. The van der Waals surface area contributed by atoms with E-state index in [1.807, 2.05) is 0 Å². The molecule has 2 aromatic carbocycles. The zero-order valence-corrected chi connectivity index (χ0v) is 19.7. The molecule has 1 aliphatic heterocycles. The molecule has 2 heterocycles. The number of carbonyl (C=O) groups excluding carboxylic acids is 2. The Labute approximate surface area is 210 Å². The van der Waals surface area contributed by atoms with Gasteiger partial charge in [-0.25, -0.2) is 9.97 Å². The number of hydrogen-bond donors (Lipinski definition) is 2. The van der Waals surface area contributed by atoms with Gasteiger partial charge in [-0.15, -0.1) is 0 Å². The fourth-order valence-electron chi connectivity index (χ4n) is 3.71. The maximum atomic E-state index is 13.4. The molecule has 1 aromatic heterocycles. The predicted octanol–water partition coefficient (Wildman–Crippen LogP) is 3.50. The summed E-state index contributed by atoms with van der Waals surface area (Å²) in [5, 5.41) is 5.51. The molecule has 4 rings (SSSR count). The van der Waals surface area contributed by atoms with E-state index in [0.29, 0.717) is 12.2 Å². The van der Waals surface area contributed by atoms with E-state index >= 15 is 0 Å². The molecule has 1 fully saturated rings. The molecule has 1 unspecified atom stereocenters. The molecule has 37 heavy (non-hydrogen) atoms. The number of nitrogens with one attached hydrogen (secondary N) is 2. The van der Waals surface area contributed by atoms with Crippen molar-refractivity contribution in [3.05, 3.63) is 77.9 Å². The number of methoxy groups -OCH3 is 1. The summed E-state index contributed by atoms with van der Waals surface area (Å²) >= 11 is 0. The molecule has 3 aromatic rings. The molecular weight excluding hydrogens is 493 g/mol. The summed E-state index contributed by atoms with van der Waals surface area (Å²) in [4.78, 5) is 33.2. The third kappa shape index (κ3) is 6.15. The van der Waals surface area contributed by atoms with Gasteiger partial charge in [0.05, 0.1) is 19.3 Å². The lowest BCUT2D eigenvalue weighted by atomic mass is 9.96. The molecule has 12 heteroatoms. The third-order valence-corrected chi connectivity index (χ3v) is 5.73. The van der Waals surface area contributed by atoms with Gasteiger partial charge >= 0.3 is 6.18 Å². The first-order valence-electron chi connectivity index (χ1n) is 11.2. The van der Waals surface area contributed by atoms with Crippen LogP contribution in [0.4, 0.5) is 13.2 Å². The average Bonchev–Trinajstić information content (AvgIpc) is 3.38. The summed E-state index contributed by atoms with van der Waals surface area (Å²) in [5.74, 6) is -1.05. The second-order valence-electron chi connectivity index (χ2n) is 8.25. The Morgan fingerprint density at radius 3 is 2.41 bits per heavy atom. The monoisotopic (exact) mass is 516 g/mol. The van der Waals surface area contributed by atoms with Gasteiger partial charge in [-0.3, -0.25) is 9.59 Å². The first-order valence-corrected chi connectivity index (χ1v) is 11.2. The highest BCUT2D eigenvalue weighted by molar-refractivity contribution is 5.99. The first-order chi connectivity index (χ1) is 17.7. The van der Waals surface area contributed by atoms with Crippen LogP contribution in [0.5, 0.6) is 17.2 Å². The molecule has 0 spiro atoms. The van der Waals surface area contributed by atoms with Gasteiger partial charge in [0.15, 0.2) is 0 Å². The number of ether oxygens (including phenoxy) is 3. The van der Waals surface area contributed by atoms with Crippen LogP contribution in [0.15, 0.2) is 61.2 Å².